The van der Waals surface area contributed by atoms with Crippen LogP contribution in [-0.4, -0.2) is 81.5 Å². The summed E-state index contributed by atoms with van der Waals surface area (Å²) in [5.74, 6) is 0.558. The number of carboxylic acids is 1. The molecular weight excluding hydrogens is 483 g/mol. The molecule has 0 aliphatic carbocycles. The number of ether oxygens (including phenoxy) is 5. The first-order chi connectivity index (χ1) is 16.4. The summed E-state index contributed by atoms with van der Waals surface area (Å²) in [7, 11) is 5.93. The van der Waals surface area contributed by atoms with Gasteiger partial charge >= 0.3 is 35.5 Å². The molecule has 1 heterocycles. The average molecular weight is 509 g/mol. The number of carbonyl (C=O) groups excluding carboxylic acids is 1. The minimum absolute atomic E-state index is 0. The Labute approximate surface area is 229 Å². The molecule has 0 aliphatic heterocycles. The van der Waals surface area contributed by atoms with E-state index < -0.39 is 12.6 Å². The molecule has 0 unspecified atom stereocenters. The van der Waals surface area contributed by atoms with Gasteiger partial charge in [-0.2, -0.15) is 0 Å². The molecule has 1 aromatic heterocycles. The Morgan fingerprint density at radius 2 is 1.57 bits per heavy atom. The summed E-state index contributed by atoms with van der Waals surface area (Å²) < 4.78 is 26.9. The number of allylic oxidation sites excluding steroid dienone is 1. The van der Waals surface area contributed by atoms with Crippen molar-refractivity contribution in [2.24, 2.45) is 0 Å². The van der Waals surface area contributed by atoms with Gasteiger partial charge in [-0.15, -0.1) is 11.3 Å². The van der Waals surface area contributed by atoms with E-state index in [1.54, 1.807) is 30.3 Å². The Bertz CT molecular complexity index is 1180. The zero-order valence-electron chi connectivity index (χ0n) is 19.1. The fourth-order valence-corrected chi connectivity index (χ4v) is 4.00. The van der Waals surface area contributed by atoms with Crippen molar-refractivity contribution in [1.29, 1.82) is 0 Å². The number of hydrogen-bond donors (Lipinski definition) is 1. The fraction of sp³-hybridized carbons (Fsp3) is 0.200. The van der Waals surface area contributed by atoms with Crippen molar-refractivity contribution in [1.82, 2.24) is 0 Å². The standard InChI is InChI=1S/C25H24O8S.Na.H/c1-29-19-13-20(33-14-24(27)28)17(23-6-5-9-34-23)10-15(19)7-8-18(26)16-11-21(30-2)25(32-4)22(12-16)31-3;;/h5-13H,14H2,1-4H3,(H,27,28);;/b8-7+;;. The van der Waals surface area contributed by atoms with Crippen molar-refractivity contribution < 1.29 is 38.4 Å². The second kappa shape index (κ2) is 13.2. The van der Waals surface area contributed by atoms with Crippen LogP contribution in [0.4, 0.5) is 0 Å². The molecule has 0 saturated carbocycles. The third-order valence-corrected chi connectivity index (χ3v) is 5.74. The van der Waals surface area contributed by atoms with Crippen LogP contribution < -0.4 is 23.7 Å². The Morgan fingerprint density at radius 1 is 0.914 bits per heavy atom. The van der Waals surface area contributed by atoms with E-state index in [4.69, 9.17) is 28.8 Å². The SMILES string of the molecule is COc1cc(OCC(=O)O)c(-c2cccs2)cc1/C=C/C(=O)c1cc(OC)c(OC)c(OC)c1.[NaH]. The second-order valence-electron chi connectivity index (χ2n) is 6.86. The van der Waals surface area contributed by atoms with E-state index in [2.05, 4.69) is 0 Å². The minimum atomic E-state index is -1.09. The van der Waals surface area contributed by atoms with Crippen molar-refractivity contribution in [2.75, 3.05) is 35.0 Å². The van der Waals surface area contributed by atoms with E-state index in [1.165, 1.54) is 45.9 Å². The summed E-state index contributed by atoms with van der Waals surface area (Å²) in [4.78, 5) is 24.8. The van der Waals surface area contributed by atoms with Gasteiger partial charge in [0.15, 0.2) is 23.9 Å². The number of rotatable bonds is 11. The van der Waals surface area contributed by atoms with Gasteiger partial charge in [-0.3, -0.25) is 4.79 Å². The van der Waals surface area contributed by atoms with E-state index in [0.29, 0.717) is 45.4 Å². The molecule has 0 saturated heterocycles. The molecule has 3 aromatic rings. The Kier molecular flexibility index (Phi) is 10.7. The second-order valence-corrected chi connectivity index (χ2v) is 7.81. The van der Waals surface area contributed by atoms with Crippen LogP contribution in [0.15, 0.2) is 47.9 Å². The van der Waals surface area contributed by atoms with Gasteiger partial charge in [0, 0.05) is 27.6 Å². The molecule has 2 aromatic carbocycles. The van der Waals surface area contributed by atoms with Crippen molar-refractivity contribution in [3.05, 3.63) is 59.0 Å². The summed E-state index contributed by atoms with van der Waals surface area (Å²) >= 11 is 1.48. The predicted octanol–water partition coefficient (Wildman–Crippen LogP) is 4.16. The number of aliphatic carboxylic acids is 1. The molecule has 0 atom stereocenters. The topological polar surface area (TPSA) is 101 Å². The number of carboxylic acid groups (broad SMARTS) is 1. The van der Waals surface area contributed by atoms with E-state index in [9.17, 15) is 9.59 Å². The third kappa shape index (κ3) is 6.79. The quantitative estimate of drug-likeness (QED) is 0.234. The zero-order chi connectivity index (χ0) is 24.7. The van der Waals surface area contributed by atoms with Gasteiger partial charge in [0.1, 0.15) is 11.5 Å². The number of thiophene rings is 1. The summed E-state index contributed by atoms with van der Waals surface area (Å²) in [5, 5.41) is 10.9. The average Bonchev–Trinajstić information content (AvgIpc) is 3.39. The first-order valence-electron chi connectivity index (χ1n) is 10.0. The van der Waals surface area contributed by atoms with Gasteiger partial charge in [0.2, 0.25) is 5.75 Å². The first-order valence-corrected chi connectivity index (χ1v) is 10.9. The molecule has 10 heteroatoms. The molecule has 35 heavy (non-hydrogen) atoms. The van der Waals surface area contributed by atoms with Gasteiger partial charge < -0.3 is 28.8 Å². The van der Waals surface area contributed by atoms with Crippen LogP contribution in [0.25, 0.3) is 16.5 Å². The number of methoxy groups -OCH3 is 4. The summed E-state index contributed by atoms with van der Waals surface area (Å²) in [6.07, 6.45) is 3.04. The van der Waals surface area contributed by atoms with Crippen LogP contribution in [0.1, 0.15) is 15.9 Å². The number of ketones is 1. The third-order valence-electron chi connectivity index (χ3n) is 4.83. The van der Waals surface area contributed by atoms with Gasteiger partial charge in [0.05, 0.1) is 28.4 Å². The predicted molar refractivity (Wildman–Crippen MR) is 136 cm³/mol. The molecule has 0 spiro atoms. The van der Waals surface area contributed by atoms with Gasteiger partial charge in [-0.25, -0.2) is 4.79 Å². The maximum atomic E-state index is 12.9. The Morgan fingerprint density at radius 3 is 2.09 bits per heavy atom. The van der Waals surface area contributed by atoms with Gasteiger partial charge in [0.25, 0.3) is 0 Å². The van der Waals surface area contributed by atoms with Crippen LogP contribution >= 0.6 is 11.3 Å². The van der Waals surface area contributed by atoms with E-state index >= 15 is 0 Å². The van der Waals surface area contributed by atoms with Crippen LogP contribution in [0.3, 0.4) is 0 Å². The molecule has 0 amide bonds. The normalized spacial score (nSPS) is 10.4. The number of carbonyl (C=O) groups is 2. The summed E-state index contributed by atoms with van der Waals surface area (Å²) in [6, 6.07) is 10.3. The van der Waals surface area contributed by atoms with E-state index in [0.717, 1.165) is 4.88 Å². The van der Waals surface area contributed by atoms with E-state index in [-0.39, 0.29) is 35.3 Å². The Hall–Kier alpha value is -2.98. The Balaban J connectivity index is 0.00000432. The molecular formula is C25H25NaO8S. The number of benzene rings is 2. The maximum absolute atomic E-state index is 12.9. The molecule has 0 bridgehead atoms. The molecule has 180 valence electrons. The summed E-state index contributed by atoms with van der Waals surface area (Å²) in [6.45, 7) is -0.490. The number of hydrogen-bond acceptors (Lipinski definition) is 8. The molecule has 0 radical (unpaired) electrons. The fourth-order valence-electron chi connectivity index (χ4n) is 3.25. The van der Waals surface area contributed by atoms with Crippen molar-refractivity contribution >= 4 is 58.7 Å². The van der Waals surface area contributed by atoms with Crippen LogP contribution in [0.2, 0.25) is 0 Å². The van der Waals surface area contributed by atoms with Crippen LogP contribution in [0, 0.1) is 0 Å². The first kappa shape index (κ1) is 28.3. The summed E-state index contributed by atoms with van der Waals surface area (Å²) in [5.41, 5.74) is 1.66. The van der Waals surface area contributed by atoms with Gasteiger partial charge in [-0.1, -0.05) is 6.07 Å². The molecule has 0 aliphatic rings. The van der Waals surface area contributed by atoms with Crippen molar-refractivity contribution in [3.63, 3.8) is 0 Å². The van der Waals surface area contributed by atoms with Gasteiger partial charge in [-0.05, 0) is 41.8 Å². The van der Waals surface area contributed by atoms with E-state index in [1.807, 2.05) is 17.5 Å². The molecule has 3 rings (SSSR count). The van der Waals surface area contributed by atoms with Crippen LogP contribution in [-0.2, 0) is 4.79 Å². The molecule has 1 N–H and O–H groups in total. The van der Waals surface area contributed by atoms with Crippen molar-refractivity contribution in [3.8, 4) is 39.2 Å². The van der Waals surface area contributed by atoms with Crippen molar-refractivity contribution in [2.45, 2.75) is 0 Å². The monoisotopic (exact) mass is 508 g/mol. The molecule has 8 nitrogen and oxygen atoms in total. The molecule has 0 fully saturated rings. The van der Waals surface area contributed by atoms with Crippen LogP contribution in [0.5, 0.6) is 28.7 Å². The zero-order valence-corrected chi connectivity index (χ0v) is 19.9.